The van der Waals surface area contributed by atoms with E-state index >= 15 is 0 Å². The maximum atomic E-state index is 12.5. The second-order valence-electron chi connectivity index (χ2n) is 5.48. The first-order chi connectivity index (χ1) is 9.52. The van der Waals surface area contributed by atoms with Gasteiger partial charge in [0, 0.05) is 24.4 Å². The van der Waals surface area contributed by atoms with Crippen molar-refractivity contribution < 1.29 is 14.3 Å². The van der Waals surface area contributed by atoms with Crippen LogP contribution >= 0.6 is 11.3 Å². The highest BCUT2D eigenvalue weighted by Crippen LogP contribution is 2.34. The number of Topliss-reactive ketones (excluding diaryl/α,β-unsaturated/α-hetero) is 1. The van der Waals surface area contributed by atoms with E-state index in [1.807, 2.05) is 13.8 Å². The van der Waals surface area contributed by atoms with Gasteiger partial charge in [0.1, 0.15) is 11.3 Å². The molecule has 2 aliphatic rings. The first kappa shape index (κ1) is 13.7. The van der Waals surface area contributed by atoms with Crippen LogP contribution in [-0.2, 0) is 9.53 Å². The zero-order chi connectivity index (χ0) is 14.3. The Hall–Kier alpha value is -1.27. The zero-order valence-corrected chi connectivity index (χ0v) is 12.6. The molecule has 108 valence electrons. The lowest BCUT2D eigenvalue weighted by atomic mass is 9.87. The van der Waals surface area contributed by atoms with Gasteiger partial charge in [-0.05, 0) is 26.7 Å². The Morgan fingerprint density at radius 1 is 1.40 bits per heavy atom. The summed E-state index contributed by atoms with van der Waals surface area (Å²) in [5.41, 5.74) is -0.118. The number of carbonyl (C=O) groups excluding carboxylic acids is 2. The summed E-state index contributed by atoms with van der Waals surface area (Å²) in [7, 11) is 0. The lowest BCUT2D eigenvalue weighted by Gasteiger charge is -2.36. The third kappa shape index (κ3) is 2.16. The summed E-state index contributed by atoms with van der Waals surface area (Å²) in [6.45, 7) is 5.15. The molecule has 1 atom stereocenters. The molecule has 6 heteroatoms. The van der Waals surface area contributed by atoms with Gasteiger partial charge in [0.2, 0.25) is 0 Å². The second-order valence-corrected chi connectivity index (χ2v) is 6.89. The average Bonchev–Trinajstić information content (AvgIpc) is 3.00. The van der Waals surface area contributed by atoms with E-state index in [2.05, 4.69) is 4.98 Å². The second kappa shape index (κ2) is 4.93. The Kier molecular flexibility index (Phi) is 3.38. The summed E-state index contributed by atoms with van der Waals surface area (Å²) in [4.78, 5) is 31.6. The normalized spacial score (nSPS) is 26.5. The average molecular weight is 294 g/mol. The van der Waals surface area contributed by atoms with Crippen molar-refractivity contribution in [2.24, 2.45) is 0 Å². The lowest BCUT2D eigenvalue weighted by molar-refractivity contribution is -0.144. The number of nitrogens with zero attached hydrogens (tertiary/aromatic N) is 2. The van der Waals surface area contributed by atoms with Crippen LogP contribution in [0.2, 0.25) is 0 Å². The number of hydrogen-bond donors (Lipinski definition) is 0. The third-order valence-electron chi connectivity index (χ3n) is 4.12. The summed E-state index contributed by atoms with van der Waals surface area (Å²) in [6.07, 6.45) is 2.34. The molecule has 2 aliphatic heterocycles. The van der Waals surface area contributed by atoms with E-state index in [1.54, 1.807) is 4.90 Å². The van der Waals surface area contributed by atoms with Gasteiger partial charge in [0.15, 0.2) is 5.78 Å². The van der Waals surface area contributed by atoms with E-state index in [-0.39, 0.29) is 18.2 Å². The molecule has 5 nitrogen and oxygen atoms in total. The highest BCUT2D eigenvalue weighted by Gasteiger charge is 2.46. The topological polar surface area (TPSA) is 59.5 Å². The van der Waals surface area contributed by atoms with Crippen LogP contribution in [0.25, 0.3) is 0 Å². The quantitative estimate of drug-likeness (QED) is 0.791. The Labute approximate surface area is 121 Å². The Morgan fingerprint density at radius 3 is 2.75 bits per heavy atom. The van der Waals surface area contributed by atoms with Crippen molar-refractivity contribution in [1.82, 2.24) is 9.88 Å². The monoisotopic (exact) mass is 294 g/mol. The van der Waals surface area contributed by atoms with Gasteiger partial charge < -0.3 is 9.64 Å². The van der Waals surface area contributed by atoms with Crippen molar-refractivity contribution in [2.75, 3.05) is 19.7 Å². The molecule has 0 N–H and O–H groups in total. The molecule has 0 aliphatic carbocycles. The smallest absolute Gasteiger partial charge is 0.274 e. The van der Waals surface area contributed by atoms with Crippen LogP contribution < -0.4 is 0 Å². The van der Waals surface area contributed by atoms with Gasteiger partial charge in [-0.25, -0.2) is 4.98 Å². The van der Waals surface area contributed by atoms with Crippen LogP contribution in [0, 0.1) is 13.8 Å². The molecular weight excluding hydrogens is 276 g/mol. The summed E-state index contributed by atoms with van der Waals surface area (Å²) < 4.78 is 5.65. The van der Waals surface area contributed by atoms with Crippen molar-refractivity contribution in [3.63, 3.8) is 0 Å². The summed E-state index contributed by atoms with van der Waals surface area (Å²) in [5.74, 6) is -0.0905. The third-order valence-corrected chi connectivity index (χ3v) is 5.01. The van der Waals surface area contributed by atoms with Gasteiger partial charge >= 0.3 is 0 Å². The van der Waals surface area contributed by atoms with Crippen molar-refractivity contribution >= 4 is 23.0 Å². The first-order valence-corrected chi connectivity index (χ1v) is 7.74. The predicted molar refractivity (Wildman–Crippen MR) is 75.0 cm³/mol. The Balaban J connectivity index is 1.75. The van der Waals surface area contributed by atoms with Gasteiger partial charge in [-0.2, -0.15) is 0 Å². The van der Waals surface area contributed by atoms with Crippen LogP contribution in [-0.4, -0.2) is 46.9 Å². The molecule has 1 spiro atoms. The standard InChI is InChI=1S/C14H18N2O3S/c1-9-12(15-10(2)20-9)13(18)16-6-5-14(11(17)8-16)4-3-7-19-14/h3-8H2,1-2H3/t14-/m1/s1. The van der Waals surface area contributed by atoms with Crippen LogP contribution in [0.3, 0.4) is 0 Å². The number of carbonyl (C=O) groups is 2. The van der Waals surface area contributed by atoms with Gasteiger partial charge in [-0.1, -0.05) is 0 Å². The fraction of sp³-hybridized carbons (Fsp3) is 0.643. The number of aryl methyl sites for hydroxylation is 2. The molecule has 1 aromatic heterocycles. The largest absolute Gasteiger partial charge is 0.367 e. The summed E-state index contributed by atoms with van der Waals surface area (Å²) >= 11 is 1.51. The number of ether oxygens (including phenoxy) is 1. The number of aromatic nitrogens is 1. The molecule has 20 heavy (non-hydrogen) atoms. The van der Waals surface area contributed by atoms with E-state index in [4.69, 9.17) is 4.74 Å². The minimum Gasteiger partial charge on any atom is -0.367 e. The fourth-order valence-corrected chi connectivity index (χ4v) is 3.83. The number of thiazole rings is 1. The molecule has 0 bridgehead atoms. The maximum absolute atomic E-state index is 12.5. The van der Waals surface area contributed by atoms with Crippen molar-refractivity contribution in [1.29, 1.82) is 0 Å². The minimum atomic E-state index is -0.607. The highest BCUT2D eigenvalue weighted by atomic mass is 32.1. The molecule has 0 aromatic carbocycles. The van der Waals surface area contributed by atoms with Gasteiger partial charge in [-0.15, -0.1) is 11.3 Å². The number of rotatable bonds is 1. The van der Waals surface area contributed by atoms with Gasteiger partial charge in [0.05, 0.1) is 11.6 Å². The van der Waals surface area contributed by atoms with Crippen molar-refractivity contribution in [3.05, 3.63) is 15.6 Å². The van der Waals surface area contributed by atoms with Gasteiger partial charge in [0.25, 0.3) is 5.91 Å². The number of likely N-dealkylation sites (tertiary alicyclic amines) is 1. The molecule has 0 saturated carbocycles. The number of amides is 1. The first-order valence-electron chi connectivity index (χ1n) is 6.92. The van der Waals surface area contributed by atoms with Gasteiger partial charge in [-0.3, -0.25) is 9.59 Å². The molecule has 3 rings (SSSR count). The summed E-state index contributed by atoms with van der Waals surface area (Å²) in [6, 6.07) is 0. The Morgan fingerprint density at radius 2 is 2.20 bits per heavy atom. The highest BCUT2D eigenvalue weighted by molar-refractivity contribution is 7.11. The number of hydrogen-bond acceptors (Lipinski definition) is 5. The van der Waals surface area contributed by atoms with Crippen LogP contribution in [0.5, 0.6) is 0 Å². The molecule has 0 unspecified atom stereocenters. The fourth-order valence-electron chi connectivity index (χ4n) is 3.02. The lowest BCUT2D eigenvalue weighted by Crippen LogP contribution is -2.53. The molecule has 2 saturated heterocycles. The van der Waals surface area contributed by atoms with Crippen LogP contribution in [0.1, 0.15) is 39.6 Å². The molecular formula is C14H18N2O3S. The SMILES string of the molecule is Cc1nc(C(=O)N2CC[C@]3(CCCO3)C(=O)C2)c(C)s1. The number of piperidine rings is 1. The number of ketones is 1. The Bertz CT molecular complexity index is 561. The van der Waals surface area contributed by atoms with Crippen LogP contribution in [0.4, 0.5) is 0 Å². The van der Waals surface area contributed by atoms with Crippen molar-refractivity contribution in [2.45, 2.75) is 38.7 Å². The van der Waals surface area contributed by atoms with E-state index < -0.39 is 5.60 Å². The molecule has 2 fully saturated rings. The van der Waals surface area contributed by atoms with E-state index in [1.165, 1.54) is 11.3 Å². The van der Waals surface area contributed by atoms with E-state index in [0.29, 0.717) is 25.3 Å². The molecule has 1 amide bonds. The zero-order valence-electron chi connectivity index (χ0n) is 11.8. The maximum Gasteiger partial charge on any atom is 0.274 e. The van der Waals surface area contributed by atoms with E-state index in [0.717, 1.165) is 22.7 Å². The molecule has 1 aromatic rings. The minimum absolute atomic E-state index is 0.0409. The van der Waals surface area contributed by atoms with E-state index in [9.17, 15) is 9.59 Å². The summed E-state index contributed by atoms with van der Waals surface area (Å²) in [5, 5.41) is 0.879. The predicted octanol–water partition coefficient (Wildman–Crippen LogP) is 1.72. The van der Waals surface area contributed by atoms with Crippen molar-refractivity contribution in [3.8, 4) is 0 Å². The molecule has 0 radical (unpaired) electrons. The van der Waals surface area contributed by atoms with Crippen LogP contribution in [0.15, 0.2) is 0 Å². The molecule has 3 heterocycles.